The third-order valence-electron chi connectivity index (χ3n) is 2.80. The zero-order chi connectivity index (χ0) is 14.8. The van der Waals surface area contributed by atoms with Crippen molar-refractivity contribution in [2.24, 2.45) is 0 Å². The number of aromatic nitrogens is 2. The number of benzene rings is 2. The molecule has 0 radical (unpaired) electrons. The first-order chi connectivity index (χ1) is 10.1. The van der Waals surface area contributed by atoms with Crippen LogP contribution in [0.4, 0.5) is 0 Å². The van der Waals surface area contributed by atoms with Crippen molar-refractivity contribution in [3.05, 3.63) is 58.8 Å². The van der Waals surface area contributed by atoms with Crippen LogP contribution >= 0.6 is 15.9 Å². The van der Waals surface area contributed by atoms with E-state index >= 15 is 0 Å². The maximum atomic E-state index is 11.1. The molecule has 0 aliphatic carbocycles. The molecular weight excluding hydrogens is 336 g/mol. The van der Waals surface area contributed by atoms with Crippen molar-refractivity contribution in [1.82, 2.24) is 9.97 Å². The van der Waals surface area contributed by atoms with E-state index in [-0.39, 0.29) is 11.7 Å². The Balaban J connectivity index is 2.16. The highest BCUT2D eigenvalue weighted by Crippen LogP contribution is 2.31. The van der Waals surface area contributed by atoms with E-state index in [1.54, 1.807) is 24.3 Å². The second kappa shape index (κ2) is 5.49. The number of carbonyl (C=O) groups is 1. The van der Waals surface area contributed by atoms with Crippen LogP contribution in [0.5, 0.6) is 11.6 Å². The minimum absolute atomic E-state index is 0.213. The molecule has 0 saturated heterocycles. The van der Waals surface area contributed by atoms with Crippen molar-refractivity contribution in [1.29, 1.82) is 0 Å². The van der Waals surface area contributed by atoms with Crippen LogP contribution in [0.3, 0.4) is 0 Å². The van der Waals surface area contributed by atoms with Crippen LogP contribution in [-0.2, 0) is 0 Å². The summed E-state index contributed by atoms with van der Waals surface area (Å²) in [7, 11) is 0. The highest BCUT2D eigenvalue weighted by molar-refractivity contribution is 9.10. The van der Waals surface area contributed by atoms with Gasteiger partial charge in [0.1, 0.15) is 5.75 Å². The Labute approximate surface area is 128 Å². The maximum Gasteiger partial charge on any atom is 0.374 e. The first-order valence-corrected chi connectivity index (χ1v) is 6.87. The minimum Gasteiger partial charge on any atom is -0.475 e. The van der Waals surface area contributed by atoms with Crippen molar-refractivity contribution >= 4 is 32.8 Å². The topological polar surface area (TPSA) is 72.3 Å². The Morgan fingerprint density at radius 2 is 1.76 bits per heavy atom. The van der Waals surface area contributed by atoms with Gasteiger partial charge in [-0.25, -0.2) is 9.78 Å². The molecule has 0 amide bonds. The molecule has 0 atom stereocenters. The van der Waals surface area contributed by atoms with E-state index in [4.69, 9.17) is 9.84 Å². The van der Waals surface area contributed by atoms with E-state index in [1.807, 2.05) is 24.3 Å². The second-order valence-electron chi connectivity index (χ2n) is 4.21. The molecule has 5 nitrogen and oxygen atoms in total. The molecule has 0 saturated carbocycles. The molecule has 3 rings (SSSR count). The fraction of sp³-hybridized carbons (Fsp3) is 0. The Kier molecular flexibility index (Phi) is 3.53. The van der Waals surface area contributed by atoms with Gasteiger partial charge in [-0.1, -0.05) is 24.3 Å². The molecule has 1 N–H and O–H groups in total. The van der Waals surface area contributed by atoms with Gasteiger partial charge in [0.25, 0.3) is 0 Å². The van der Waals surface area contributed by atoms with E-state index < -0.39 is 5.97 Å². The number of halogens is 1. The lowest BCUT2D eigenvalue weighted by atomic mass is 10.2. The van der Waals surface area contributed by atoms with Crippen molar-refractivity contribution in [2.45, 2.75) is 0 Å². The molecule has 0 unspecified atom stereocenters. The molecule has 1 aromatic heterocycles. The number of carboxylic acids is 1. The molecule has 0 aliphatic heterocycles. The summed E-state index contributed by atoms with van der Waals surface area (Å²) >= 11 is 3.38. The van der Waals surface area contributed by atoms with Gasteiger partial charge in [0.05, 0.1) is 15.4 Å². The van der Waals surface area contributed by atoms with Crippen molar-refractivity contribution in [3.8, 4) is 11.6 Å². The molecule has 2 aromatic carbocycles. The molecule has 104 valence electrons. The molecule has 0 bridgehead atoms. The zero-order valence-electron chi connectivity index (χ0n) is 10.7. The van der Waals surface area contributed by atoms with Crippen LogP contribution in [0.2, 0.25) is 0 Å². The number of rotatable bonds is 3. The van der Waals surface area contributed by atoms with Crippen molar-refractivity contribution < 1.29 is 14.6 Å². The first-order valence-electron chi connectivity index (χ1n) is 6.07. The van der Waals surface area contributed by atoms with Crippen LogP contribution < -0.4 is 4.74 Å². The molecule has 6 heteroatoms. The van der Waals surface area contributed by atoms with Gasteiger partial charge >= 0.3 is 5.97 Å². The summed E-state index contributed by atoms with van der Waals surface area (Å²) in [5, 5.41) is 9.75. The molecule has 0 spiro atoms. The predicted octanol–water partition coefficient (Wildman–Crippen LogP) is 3.88. The molecular formula is C15H9BrN2O3. The first kappa shape index (κ1) is 13.5. The standard InChI is InChI=1S/C15H9BrN2O3/c16-10-6-2-4-8-12(10)21-14-9-5-1-3-7-11(9)17-13(18-14)15(19)20/h1-8H,(H,19,20). The van der Waals surface area contributed by atoms with Crippen LogP contribution in [0.15, 0.2) is 53.0 Å². The number of ether oxygens (including phenoxy) is 1. The number of carboxylic acid groups (broad SMARTS) is 1. The second-order valence-corrected chi connectivity index (χ2v) is 5.06. The number of para-hydroxylation sites is 2. The van der Waals surface area contributed by atoms with Gasteiger partial charge in [-0.05, 0) is 40.2 Å². The van der Waals surface area contributed by atoms with Gasteiger partial charge < -0.3 is 9.84 Å². The van der Waals surface area contributed by atoms with Crippen molar-refractivity contribution in [3.63, 3.8) is 0 Å². The van der Waals surface area contributed by atoms with Gasteiger partial charge in [-0.3, -0.25) is 0 Å². The van der Waals surface area contributed by atoms with Gasteiger partial charge in [0.15, 0.2) is 0 Å². The monoisotopic (exact) mass is 344 g/mol. The average Bonchev–Trinajstić information content (AvgIpc) is 2.49. The molecule has 21 heavy (non-hydrogen) atoms. The summed E-state index contributed by atoms with van der Waals surface area (Å²) in [5.74, 6) is -0.726. The summed E-state index contributed by atoms with van der Waals surface area (Å²) in [4.78, 5) is 19.1. The van der Waals surface area contributed by atoms with E-state index in [2.05, 4.69) is 25.9 Å². The highest BCUT2D eigenvalue weighted by atomic mass is 79.9. The van der Waals surface area contributed by atoms with Crippen LogP contribution in [0.25, 0.3) is 10.9 Å². The SMILES string of the molecule is O=C(O)c1nc(Oc2ccccc2Br)c2ccccc2n1. The predicted molar refractivity (Wildman–Crippen MR) is 80.7 cm³/mol. The zero-order valence-corrected chi connectivity index (χ0v) is 12.2. The Morgan fingerprint density at radius 3 is 2.52 bits per heavy atom. The van der Waals surface area contributed by atoms with Gasteiger partial charge in [0.2, 0.25) is 11.7 Å². The van der Waals surface area contributed by atoms with E-state index in [0.29, 0.717) is 16.7 Å². The number of hydrogen-bond acceptors (Lipinski definition) is 4. The number of nitrogens with zero attached hydrogens (tertiary/aromatic N) is 2. The quantitative estimate of drug-likeness (QED) is 0.780. The average molecular weight is 345 g/mol. The van der Waals surface area contributed by atoms with Crippen LogP contribution in [-0.4, -0.2) is 21.0 Å². The lowest BCUT2D eigenvalue weighted by molar-refractivity contribution is 0.0683. The fourth-order valence-corrected chi connectivity index (χ4v) is 2.22. The van der Waals surface area contributed by atoms with Crippen LogP contribution in [0, 0.1) is 0 Å². The summed E-state index contributed by atoms with van der Waals surface area (Å²) in [5.41, 5.74) is 0.520. The number of fused-ring (bicyclic) bond motifs is 1. The summed E-state index contributed by atoms with van der Waals surface area (Å²) in [6.07, 6.45) is 0. The van der Waals surface area contributed by atoms with E-state index in [0.717, 1.165) is 4.47 Å². The minimum atomic E-state index is -1.20. The molecule has 0 aliphatic rings. The van der Waals surface area contributed by atoms with Gasteiger partial charge in [0, 0.05) is 0 Å². The normalized spacial score (nSPS) is 10.5. The molecule has 0 fully saturated rings. The van der Waals surface area contributed by atoms with E-state index in [9.17, 15) is 4.79 Å². The lowest BCUT2D eigenvalue weighted by Gasteiger charge is -2.09. The lowest BCUT2D eigenvalue weighted by Crippen LogP contribution is -2.05. The molecule has 3 aromatic rings. The third kappa shape index (κ3) is 2.71. The maximum absolute atomic E-state index is 11.1. The van der Waals surface area contributed by atoms with Gasteiger partial charge in [-0.15, -0.1) is 0 Å². The number of aromatic carboxylic acids is 1. The fourth-order valence-electron chi connectivity index (χ4n) is 1.85. The summed E-state index contributed by atoms with van der Waals surface area (Å²) in [6, 6.07) is 14.4. The summed E-state index contributed by atoms with van der Waals surface area (Å²) in [6.45, 7) is 0. The van der Waals surface area contributed by atoms with Gasteiger partial charge in [-0.2, -0.15) is 4.98 Å². The molecule has 1 heterocycles. The Morgan fingerprint density at radius 1 is 1.05 bits per heavy atom. The highest BCUT2D eigenvalue weighted by Gasteiger charge is 2.14. The largest absolute Gasteiger partial charge is 0.475 e. The van der Waals surface area contributed by atoms with Crippen LogP contribution in [0.1, 0.15) is 10.6 Å². The van der Waals surface area contributed by atoms with Crippen molar-refractivity contribution in [2.75, 3.05) is 0 Å². The summed E-state index contributed by atoms with van der Waals surface area (Å²) < 4.78 is 6.51. The number of hydrogen-bond donors (Lipinski definition) is 1. The smallest absolute Gasteiger partial charge is 0.374 e. The third-order valence-corrected chi connectivity index (χ3v) is 3.46. The Hall–Kier alpha value is -2.47. The Bertz CT molecular complexity index is 836. The van der Waals surface area contributed by atoms with E-state index in [1.165, 1.54) is 0 Å².